The van der Waals surface area contributed by atoms with Crippen LogP contribution in [0.5, 0.6) is 0 Å². The summed E-state index contributed by atoms with van der Waals surface area (Å²) >= 11 is 17.9. The van der Waals surface area contributed by atoms with Gasteiger partial charge in [0.15, 0.2) is 0 Å². The number of benzene rings is 1. The molecule has 2 N–H and O–H groups in total. The third kappa shape index (κ3) is 4.34. The van der Waals surface area contributed by atoms with Crippen LogP contribution in [0.25, 0.3) is 0 Å². The lowest BCUT2D eigenvalue weighted by Crippen LogP contribution is -2.35. The second-order valence-electron chi connectivity index (χ2n) is 4.57. The van der Waals surface area contributed by atoms with Gasteiger partial charge in [-0.15, -0.1) is 0 Å². The fraction of sp³-hybridized carbons (Fsp3) is 0.200. The van der Waals surface area contributed by atoms with E-state index in [1.807, 2.05) is 18.2 Å². The van der Waals surface area contributed by atoms with Crippen molar-refractivity contribution in [3.8, 4) is 0 Å². The quantitative estimate of drug-likeness (QED) is 0.803. The summed E-state index contributed by atoms with van der Waals surface area (Å²) in [7, 11) is 1.58. The van der Waals surface area contributed by atoms with Crippen LogP contribution in [0.4, 0.5) is 0 Å². The van der Waals surface area contributed by atoms with Crippen LogP contribution in [0.15, 0.2) is 36.4 Å². The largest absolute Gasteiger partial charge is 0.358 e. The molecule has 2 rings (SSSR count). The number of pyridine rings is 1. The highest BCUT2D eigenvalue weighted by molar-refractivity contribution is 6.32. The minimum Gasteiger partial charge on any atom is -0.358 e. The van der Waals surface area contributed by atoms with Crippen LogP contribution in [0.3, 0.4) is 0 Å². The number of hydrogen-bond donors (Lipinski definition) is 2. The van der Waals surface area contributed by atoms with Crippen molar-refractivity contribution < 1.29 is 4.79 Å². The molecule has 7 heteroatoms. The topological polar surface area (TPSA) is 54.0 Å². The van der Waals surface area contributed by atoms with Gasteiger partial charge >= 0.3 is 0 Å². The molecule has 1 unspecified atom stereocenters. The average molecular weight is 359 g/mol. The van der Waals surface area contributed by atoms with Crippen LogP contribution in [-0.4, -0.2) is 17.9 Å². The summed E-state index contributed by atoms with van der Waals surface area (Å²) in [6.07, 6.45) is 0. The van der Waals surface area contributed by atoms with Crippen molar-refractivity contribution in [2.45, 2.75) is 12.6 Å². The number of halogens is 3. The number of amides is 1. The summed E-state index contributed by atoms with van der Waals surface area (Å²) in [6, 6.07) is 10.00. The zero-order valence-corrected chi connectivity index (χ0v) is 14.0. The highest BCUT2D eigenvalue weighted by Crippen LogP contribution is 2.23. The van der Waals surface area contributed by atoms with Crippen molar-refractivity contribution in [2.75, 3.05) is 7.05 Å². The molecule has 4 nitrogen and oxygen atoms in total. The predicted molar refractivity (Wildman–Crippen MR) is 89.4 cm³/mol. The van der Waals surface area contributed by atoms with Crippen LogP contribution >= 0.6 is 34.8 Å². The van der Waals surface area contributed by atoms with Gasteiger partial charge in [0.25, 0.3) is 0 Å². The highest BCUT2D eigenvalue weighted by atomic mass is 35.5. The molecule has 0 aliphatic rings. The van der Waals surface area contributed by atoms with Gasteiger partial charge in [0.1, 0.15) is 16.3 Å². The number of carbonyl (C=O) groups is 1. The van der Waals surface area contributed by atoms with Gasteiger partial charge in [-0.3, -0.25) is 10.1 Å². The van der Waals surface area contributed by atoms with E-state index in [1.165, 1.54) is 0 Å². The van der Waals surface area contributed by atoms with Crippen LogP contribution in [-0.2, 0) is 11.3 Å². The van der Waals surface area contributed by atoms with E-state index >= 15 is 0 Å². The number of nitrogens with zero attached hydrogens (tertiary/aromatic N) is 1. The zero-order chi connectivity index (χ0) is 16.1. The number of rotatable bonds is 5. The summed E-state index contributed by atoms with van der Waals surface area (Å²) in [4.78, 5) is 16.0. The van der Waals surface area contributed by atoms with Crippen LogP contribution in [0.1, 0.15) is 17.2 Å². The lowest BCUT2D eigenvalue weighted by Gasteiger charge is -2.19. The van der Waals surface area contributed by atoms with E-state index in [9.17, 15) is 4.79 Å². The normalized spacial score (nSPS) is 12.0. The first-order valence-corrected chi connectivity index (χ1v) is 7.66. The molecule has 0 bridgehead atoms. The van der Waals surface area contributed by atoms with Gasteiger partial charge < -0.3 is 5.32 Å². The van der Waals surface area contributed by atoms with Gasteiger partial charge in [-0.1, -0.05) is 53.0 Å². The molecule has 0 aliphatic carbocycles. The molecular formula is C15H14Cl3N3O. The summed E-state index contributed by atoms with van der Waals surface area (Å²) < 4.78 is 0. The third-order valence-electron chi connectivity index (χ3n) is 3.06. The van der Waals surface area contributed by atoms with Gasteiger partial charge in [-0.25, -0.2) is 4.98 Å². The highest BCUT2D eigenvalue weighted by Gasteiger charge is 2.21. The first kappa shape index (κ1) is 17.0. The summed E-state index contributed by atoms with van der Waals surface area (Å²) in [5.74, 6) is -0.181. The average Bonchev–Trinajstić information content (AvgIpc) is 2.47. The SMILES string of the molecule is CNC(=O)C(NCc1cc(Cl)nc(Cl)c1)c1ccccc1Cl. The van der Waals surface area contributed by atoms with E-state index in [0.717, 1.165) is 5.56 Å². The van der Waals surface area contributed by atoms with Crippen molar-refractivity contribution >= 4 is 40.7 Å². The summed E-state index contributed by atoms with van der Waals surface area (Å²) in [5, 5.41) is 6.91. The molecule has 1 aromatic heterocycles. The molecule has 1 heterocycles. The Morgan fingerprint density at radius 2 is 1.82 bits per heavy atom. The number of nitrogens with one attached hydrogen (secondary N) is 2. The Morgan fingerprint density at radius 3 is 2.41 bits per heavy atom. The van der Waals surface area contributed by atoms with Crippen molar-refractivity contribution in [1.82, 2.24) is 15.6 Å². The Bertz CT molecular complexity index is 659. The molecule has 2 aromatic rings. The van der Waals surface area contributed by atoms with E-state index in [4.69, 9.17) is 34.8 Å². The lowest BCUT2D eigenvalue weighted by atomic mass is 10.1. The number of aromatic nitrogens is 1. The van der Waals surface area contributed by atoms with Gasteiger partial charge in [0.2, 0.25) is 5.91 Å². The molecular weight excluding hydrogens is 345 g/mol. The molecule has 116 valence electrons. The van der Waals surface area contributed by atoms with Crippen molar-refractivity contribution in [1.29, 1.82) is 0 Å². The molecule has 0 aliphatic heterocycles. The molecule has 0 radical (unpaired) electrons. The van der Waals surface area contributed by atoms with Gasteiger partial charge in [-0.2, -0.15) is 0 Å². The molecule has 1 aromatic carbocycles. The Hall–Kier alpha value is -1.33. The third-order valence-corrected chi connectivity index (χ3v) is 3.79. The predicted octanol–water partition coefficient (Wildman–Crippen LogP) is 3.62. The standard InChI is InChI=1S/C15H14Cl3N3O/c1-19-15(22)14(10-4-2-3-5-11(10)16)20-8-9-6-12(17)21-13(18)7-9/h2-7,14,20H,8H2,1H3,(H,19,22). The maximum Gasteiger partial charge on any atom is 0.241 e. The minimum absolute atomic E-state index is 0.181. The van der Waals surface area contributed by atoms with Crippen LogP contribution in [0.2, 0.25) is 15.3 Å². The number of carbonyl (C=O) groups excluding carboxylic acids is 1. The van der Waals surface area contributed by atoms with Crippen molar-refractivity contribution in [3.05, 3.63) is 62.9 Å². The van der Waals surface area contributed by atoms with E-state index in [1.54, 1.807) is 25.2 Å². The monoisotopic (exact) mass is 357 g/mol. The Balaban J connectivity index is 2.21. The molecule has 0 saturated carbocycles. The van der Waals surface area contributed by atoms with Gasteiger partial charge in [0.05, 0.1) is 0 Å². The van der Waals surface area contributed by atoms with Gasteiger partial charge in [-0.05, 0) is 29.3 Å². The van der Waals surface area contributed by atoms with E-state index in [0.29, 0.717) is 27.4 Å². The fourth-order valence-corrected chi connectivity index (χ4v) is 2.78. The molecule has 0 spiro atoms. The molecule has 0 saturated heterocycles. The molecule has 22 heavy (non-hydrogen) atoms. The fourth-order valence-electron chi connectivity index (χ4n) is 2.03. The van der Waals surface area contributed by atoms with E-state index in [-0.39, 0.29) is 5.91 Å². The van der Waals surface area contributed by atoms with Gasteiger partial charge in [0, 0.05) is 18.6 Å². The Labute approximate surface area is 143 Å². The smallest absolute Gasteiger partial charge is 0.241 e. The minimum atomic E-state index is -0.579. The maximum absolute atomic E-state index is 12.1. The number of hydrogen-bond acceptors (Lipinski definition) is 3. The zero-order valence-electron chi connectivity index (χ0n) is 11.7. The molecule has 1 amide bonds. The van der Waals surface area contributed by atoms with Crippen LogP contribution < -0.4 is 10.6 Å². The van der Waals surface area contributed by atoms with Crippen molar-refractivity contribution in [2.24, 2.45) is 0 Å². The summed E-state index contributed by atoms with van der Waals surface area (Å²) in [6.45, 7) is 0.394. The molecule has 0 fully saturated rings. The lowest BCUT2D eigenvalue weighted by molar-refractivity contribution is -0.122. The molecule has 1 atom stereocenters. The second-order valence-corrected chi connectivity index (χ2v) is 5.75. The van der Waals surface area contributed by atoms with E-state index in [2.05, 4.69) is 15.6 Å². The van der Waals surface area contributed by atoms with Crippen LogP contribution in [0, 0.1) is 0 Å². The first-order chi connectivity index (χ1) is 10.5. The van der Waals surface area contributed by atoms with E-state index < -0.39 is 6.04 Å². The maximum atomic E-state index is 12.1. The second kappa shape index (κ2) is 7.79. The first-order valence-electron chi connectivity index (χ1n) is 6.52. The number of likely N-dealkylation sites (N-methyl/N-ethyl adjacent to an activating group) is 1. The van der Waals surface area contributed by atoms with Crippen molar-refractivity contribution in [3.63, 3.8) is 0 Å². The summed E-state index contributed by atoms with van der Waals surface area (Å²) in [5.41, 5.74) is 1.53. The Morgan fingerprint density at radius 1 is 1.18 bits per heavy atom. The Kier molecular flexibility index (Phi) is 6.03.